The largest absolute Gasteiger partial charge is 0.439 e. The van der Waals surface area contributed by atoms with Crippen molar-refractivity contribution in [1.82, 2.24) is 14.7 Å². The van der Waals surface area contributed by atoms with Crippen LogP contribution in [-0.4, -0.2) is 51.2 Å². The van der Waals surface area contributed by atoms with E-state index >= 15 is 0 Å². The van der Waals surface area contributed by atoms with Gasteiger partial charge in [0.1, 0.15) is 11.4 Å². The molecule has 6 heteroatoms. The zero-order valence-corrected chi connectivity index (χ0v) is 20.4. The summed E-state index contributed by atoms with van der Waals surface area (Å²) in [5.74, 6) is 1.47. The van der Waals surface area contributed by atoms with Crippen molar-refractivity contribution in [2.75, 3.05) is 19.7 Å². The van der Waals surface area contributed by atoms with Gasteiger partial charge in [-0.3, -0.25) is 4.90 Å². The van der Waals surface area contributed by atoms with Gasteiger partial charge in [-0.25, -0.2) is 4.68 Å². The molecule has 6 nitrogen and oxygen atoms in total. The first-order valence-corrected chi connectivity index (χ1v) is 11.9. The molecule has 0 bridgehead atoms. The SMILES string of the molecule is C=C[C@](C)(O)CN(Cc1c(-c2ccccc2)nn(C)c1Oc1cccc(C)c1)C[C@@H]1CCCO1. The van der Waals surface area contributed by atoms with Crippen LogP contribution in [0.5, 0.6) is 11.6 Å². The number of benzene rings is 2. The zero-order chi connectivity index (χ0) is 24.1. The summed E-state index contributed by atoms with van der Waals surface area (Å²) in [6.07, 6.45) is 3.85. The molecule has 1 aliphatic rings. The van der Waals surface area contributed by atoms with Crippen molar-refractivity contribution in [3.8, 4) is 22.9 Å². The number of aliphatic hydroxyl groups is 1. The van der Waals surface area contributed by atoms with Gasteiger partial charge in [0.05, 0.1) is 17.3 Å². The third-order valence-corrected chi connectivity index (χ3v) is 6.19. The standard InChI is InChI=1S/C28H35N3O3/c1-5-28(3,32)20-31(18-24-15-10-16-33-24)19-25-26(22-12-7-6-8-13-22)29-30(4)27(25)34-23-14-9-11-21(2)17-23/h5-9,11-14,17,24,32H,1,10,15-16,18-20H2,2-4H3/t24-,28-/m0/s1. The van der Waals surface area contributed by atoms with Gasteiger partial charge in [0.15, 0.2) is 0 Å². The fraction of sp³-hybridized carbons (Fsp3) is 0.393. The second kappa shape index (κ2) is 10.6. The number of rotatable bonds is 10. The third-order valence-electron chi connectivity index (χ3n) is 6.19. The predicted octanol–water partition coefficient (Wildman–Crippen LogP) is 5.11. The molecule has 2 aromatic carbocycles. The highest BCUT2D eigenvalue weighted by molar-refractivity contribution is 5.65. The van der Waals surface area contributed by atoms with E-state index in [-0.39, 0.29) is 6.10 Å². The zero-order valence-electron chi connectivity index (χ0n) is 20.4. The van der Waals surface area contributed by atoms with E-state index in [9.17, 15) is 5.11 Å². The Labute approximate surface area is 202 Å². The average Bonchev–Trinajstić information content (AvgIpc) is 3.43. The molecule has 34 heavy (non-hydrogen) atoms. The van der Waals surface area contributed by atoms with Crippen LogP contribution in [0, 0.1) is 6.92 Å². The molecule has 3 aromatic rings. The van der Waals surface area contributed by atoms with Crippen molar-refractivity contribution in [3.63, 3.8) is 0 Å². The predicted molar refractivity (Wildman–Crippen MR) is 135 cm³/mol. The maximum Gasteiger partial charge on any atom is 0.222 e. The van der Waals surface area contributed by atoms with Crippen LogP contribution in [0.4, 0.5) is 0 Å². The number of hydrogen-bond acceptors (Lipinski definition) is 5. The minimum absolute atomic E-state index is 0.151. The van der Waals surface area contributed by atoms with Gasteiger partial charge < -0.3 is 14.6 Å². The first-order chi connectivity index (χ1) is 16.3. The summed E-state index contributed by atoms with van der Waals surface area (Å²) in [6, 6.07) is 18.2. The number of hydrogen-bond donors (Lipinski definition) is 1. The van der Waals surface area contributed by atoms with Crippen molar-refractivity contribution in [2.24, 2.45) is 7.05 Å². The molecular formula is C28H35N3O3. The highest BCUT2D eigenvalue weighted by Crippen LogP contribution is 2.35. The summed E-state index contributed by atoms with van der Waals surface area (Å²) >= 11 is 0. The van der Waals surface area contributed by atoms with Crippen molar-refractivity contribution < 1.29 is 14.6 Å². The Morgan fingerprint density at radius 3 is 2.74 bits per heavy atom. The van der Waals surface area contributed by atoms with Crippen molar-refractivity contribution in [2.45, 2.75) is 44.9 Å². The summed E-state index contributed by atoms with van der Waals surface area (Å²) in [5, 5.41) is 15.7. The normalized spacial score (nSPS) is 17.6. The van der Waals surface area contributed by atoms with E-state index in [2.05, 4.69) is 23.6 Å². The number of aryl methyl sites for hydroxylation is 2. The summed E-state index contributed by atoms with van der Waals surface area (Å²) in [7, 11) is 1.91. The van der Waals surface area contributed by atoms with Gasteiger partial charge in [-0.15, -0.1) is 6.58 Å². The molecule has 1 aliphatic heterocycles. The van der Waals surface area contributed by atoms with Gasteiger partial charge in [-0.2, -0.15) is 5.10 Å². The summed E-state index contributed by atoms with van der Waals surface area (Å²) in [6.45, 7) is 10.2. The Kier molecular flexibility index (Phi) is 7.51. The fourth-order valence-corrected chi connectivity index (χ4v) is 4.44. The van der Waals surface area contributed by atoms with E-state index in [0.29, 0.717) is 19.0 Å². The molecule has 0 saturated carbocycles. The third kappa shape index (κ3) is 5.95. The Morgan fingerprint density at radius 1 is 1.26 bits per heavy atom. The molecule has 0 spiro atoms. The smallest absolute Gasteiger partial charge is 0.222 e. The molecule has 0 unspecified atom stereocenters. The monoisotopic (exact) mass is 461 g/mol. The van der Waals surface area contributed by atoms with E-state index < -0.39 is 5.60 Å². The van der Waals surface area contributed by atoms with E-state index in [1.165, 1.54) is 0 Å². The lowest BCUT2D eigenvalue weighted by Gasteiger charge is -2.31. The Bertz CT molecular complexity index is 1100. The van der Waals surface area contributed by atoms with Crippen molar-refractivity contribution in [3.05, 3.63) is 78.4 Å². The molecular weight excluding hydrogens is 426 g/mol. The molecule has 0 amide bonds. The van der Waals surface area contributed by atoms with Gasteiger partial charge >= 0.3 is 0 Å². The quantitative estimate of drug-likeness (QED) is 0.426. The molecule has 2 heterocycles. The van der Waals surface area contributed by atoms with Crippen LogP contribution in [0.2, 0.25) is 0 Å². The van der Waals surface area contributed by atoms with Crippen LogP contribution in [0.3, 0.4) is 0 Å². The van der Waals surface area contributed by atoms with Crippen LogP contribution in [0.25, 0.3) is 11.3 Å². The minimum atomic E-state index is -1.02. The van der Waals surface area contributed by atoms with Gasteiger partial charge in [0.2, 0.25) is 5.88 Å². The Balaban J connectivity index is 1.73. The molecule has 1 saturated heterocycles. The molecule has 180 valence electrons. The highest BCUT2D eigenvalue weighted by Gasteiger charge is 2.28. The molecule has 4 rings (SSSR count). The maximum atomic E-state index is 10.8. The Morgan fingerprint density at radius 2 is 2.06 bits per heavy atom. The van der Waals surface area contributed by atoms with Crippen LogP contribution in [-0.2, 0) is 18.3 Å². The lowest BCUT2D eigenvalue weighted by Crippen LogP contribution is -2.42. The van der Waals surface area contributed by atoms with Crippen LogP contribution >= 0.6 is 0 Å². The molecule has 1 fully saturated rings. The topological polar surface area (TPSA) is 59.8 Å². The number of ether oxygens (including phenoxy) is 2. The van der Waals surface area contributed by atoms with E-state index in [0.717, 1.165) is 54.1 Å². The Hall–Kier alpha value is -2.93. The van der Waals surface area contributed by atoms with Gasteiger partial charge in [0.25, 0.3) is 0 Å². The molecule has 2 atom stereocenters. The molecule has 0 aliphatic carbocycles. The minimum Gasteiger partial charge on any atom is -0.439 e. The summed E-state index contributed by atoms with van der Waals surface area (Å²) in [4.78, 5) is 2.23. The van der Waals surface area contributed by atoms with Crippen LogP contribution in [0.1, 0.15) is 30.9 Å². The first-order valence-electron chi connectivity index (χ1n) is 11.9. The van der Waals surface area contributed by atoms with Crippen molar-refractivity contribution in [1.29, 1.82) is 0 Å². The van der Waals surface area contributed by atoms with Crippen LogP contribution < -0.4 is 4.74 Å². The van der Waals surface area contributed by atoms with Crippen molar-refractivity contribution >= 4 is 0 Å². The maximum absolute atomic E-state index is 10.8. The molecule has 1 N–H and O–H groups in total. The second-order valence-corrected chi connectivity index (χ2v) is 9.41. The molecule has 0 radical (unpaired) electrons. The average molecular weight is 462 g/mol. The summed E-state index contributed by atoms with van der Waals surface area (Å²) < 4.78 is 14.1. The fourth-order valence-electron chi connectivity index (χ4n) is 4.44. The van der Waals surface area contributed by atoms with E-state index in [1.807, 2.05) is 56.4 Å². The van der Waals surface area contributed by atoms with Gasteiger partial charge in [-0.1, -0.05) is 48.5 Å². The van der Waals surface area contributed by atoms with Gasteiger partial charge in [-0.05, 0) is 44.4 Å². The number of aromatic nitrogens is 2. The summed E-state index contributed by atoms with van der Waals surface area (Å²) in [5.41, 5.74) is 2.99. The van der Waals surface area contributed by atoms with Crippen LogP contribution in [0.15, 0.2) is 67.3 Å². The van der Waals surface area contributed by atoms with Gasteiger partial charge in [0, 0.05) is 38.9 Å². The number of nitrogens with zero attached hydrogens (tertiary/aromatic N) is 3. The van der Waals surface area contributed by atoms with E-state index in [4.69, 9.17) is 14.6 Å². The molecule has 1 aromatic heterocycles. The first kappa shape index (κ1) is 24.2. The second-order valence-electron chi connectivity index (χ2n) is 9.41. The lowest BCUT2D eigenvalue weighted by molar-refractivity contribution is 0.0241. The van der Waals surface area contributed by atoms with E-state index in [1.54, 1.807) is 17.7 Å². The lowest BCUT2D eigenvalue weighted by atomic mass is 10.0. The highest BCUT2D eigenvalue weighted by atomic mass is 16.5.